The molecule has 1 aromatic carbocycles. The standard InChI is InChI=1S/C20H28N6O/c1-5-6-11-22-18-24-16(21)15-17(25-18)26(19(27)23-15)12-13-7-9-14(10-8-13)20(2,3)4/h7-10H,5-6,11-12H2,1-4H3,(H,23,27)(H3,21,22,24,25). The summed E-state index contributed by atoms with van der Waals surface area (Å²) in [5.74, 6) is 0.724. The third kappa shape index (κ3) is 4.13. The zero-order valence-electron chi connectivity index (χ0n) is 16.5. The van der Waals surface area contributed by atoms with Crippen LogP contribution in [-0.2, 0) is 12.0 Å². The number of nitrogens with zero attached hydrogens (tertiary/aromatic N) is 3. The lowest BCUT2D eigenvalue weighted by Crippen LogP contribution is -2.18. The number of nitrogens with one attached hydrogen (secondary N) is 2. The number of H-pyrrole nitrogens is 1. The van der Waals surface area contributed by atoms with E-state index in [1.807, 2.05) is 0 Å². The Labute approximate surface area is 159 Å². The lowest BCUT2D eigenvalue weighted by atomic mass is 9.87. The van der Waals surface area contributed by atoms with E-state index in [-0.39, 0.29) is 16.9 Å². The number of aromatic amines is 1. The summed E-state index contributed by atoms with van der Waals surface area (Å²) in [6.45, 7) is 9.85. The third-order valence-electron chi connectivity index (χ3n) is 4.62. The maximum atomic E-state index is 12.5. The predicted octanol–water partition coefficient (Wildman–Crippen LogP) is 3.26. The number of rotatable bonds is 6. The van der Waals surface area contributed by atoms with Gasteiger partial charge in [-0.15, -0.1) is 0 Å². The number of fused-ring (bicyclic) bond motifs is 1. The fraction of sp³-hybridized carbons (Fsp3) is 0.450. The first-order valence-electron chi connectivity index (χ1n) is 9.39. The monoisotopic (exact) mass is 368 g/mol. The average molecular weight is 368 g/mol. The van der Waals surface area contributed by atoms with E-state index in [0.717, 1.165) is 24.9 Å². The first-order chi connectivity index (χ1) is 12.8. The summed E-state index contributed by atoms with van der Waals surface area (Å²) in [7, 11) is 0. The topological polar surface area (TPSA) is 102 Å². The number of aromatic nitrogens is 4. The van der Waals surface area contributed by atoms with Crippen LogP contribution in [0.5, 0.6) is 0 Å². The Balaban J connectivity index is 1.93. The smallest absolute Gasteiger partial charge is 0.328 e. The van der Waals surface area contributed by atoms with Crippen LogP contribution >= 0.6 is 0 Å². The highest BCUT2D eigenvalue weighted by Gasteiger charge is 2.16. The number of unbranched alkanes of at least 4 members (excludes halogenated alkanes) is 1. The predicted molar refractivity (Wildman–Crippen MR) is 110 cm³/mol. The van der Waals surface area contributed by atoms with Gasteiger partial charge in [-0.1, -0.05) is 58.4 Å². The first kappa shape index (κ1) is 18.9. The Hall–Kier alpha value is -2.83. The quantitative estimate of drug-likeness (QED) is 0.580. The fourth-order valence-electron chi connectivity index (χ4n) is 2.95. The molecule has 0 saturated carbocycles. The van der Waals surface area contributed by atoms with E-state index >= 15 is 0 Å². The first-order valence-corrected chi connectivity index (χ1v) is 9.39. The van der Waals surface area contributed by atoms with Gasteiger partial charge >= 0.3 is 5.69 Å². The van der Waals surface area contributed by atoms with Crippen LogP contribution < -0.4 is 16.7 Å². The minimum Gasteiger partial charge on any atom is -0.382 e. The van der Waals surface area contributed by atoms with Gasteiger partial charge in [0.05, 0.1) is 6.54 Å². The molecule has 0 unspecified atom stereocenters. The third-order valence-corrected chi connectivity index (χ3v) is 4.62. The number of nitrogen functional groups attached to an aromatic ring is 1. The summed E-state index contributed by atoms with van der Waals surface area (Å²) in [5, 5.41) is 3.17. The molecule has 0 bridgehead atoms. The van der Waals surface area contributed by atoms with Gasteiger partial charge in [-0.3, -0.25) is 4.57 Å². The number of hydrogen-bond acceptors (Lipinski definition) is 5. The zero-order valence-corrected chi connectivity index (χ0v) is 16.5. The molecular formula is C20H28N6O. The number of anilines is 2. The van der Waals surface area contributed by atoms with E-state index in [2.05, 4.69) is 72.2 Å². The molecule has 0 atom stereocenters. The highest BCUT2D eigenvalue weighted by atomic mass is 16.1. The number of benzene rings is 1. The zero-order chi connectivity index (χ0) is 19.6. The van der Waals surface area contributed by atoms with Gasteiger partial charge < -0.3 is 16.0 Å². The highest BCUT2D eigenvalue weighted by Crippen LogP contribution is 2.23. The molecule has 4 N–H and O–H groups in total. The minimum atomic E-state index is -0.239. The second-order valence-corrected chi connectivity index (χ2v) is 7.87. The molecule has 2 heterocycles. The SMILES string of the molecule is CCCCNc1nc(N)c2[nH]c(=O)n(Cc3ccc(C(C)(C)C)cc3)c2n1. The van der Waals surface area contributed by atoms with Crippen molar-refractivity contribution in [3.63, 3.8) is 0 Å². The summed E-state index contributed by atoms with van der Waals surface area (Å²) >= 11 is 0. The molecule has 7 heteroatoms. The van der Waals surface area contributed by atoms with Crippen LogP contribution in [0.4, 0.5) is 11.8 Å². The Kier molecular flexibility index (Phi) is 5.21. The molecule has 0 amide bonds. The molecule has 0 spiro atoms. The van der Waals surface area contributed by atoms with Crippen LogP contribution in [0.1, 0.15) is 51.7 Å². The van der Waals surface area contributed by atoms with Crippen molar-refractivity contribution in [2.45, 2.75) is 52.5 Å². The van der Waals surface area contributed by atoms with Crippen molar-refractivity contribution in [1.82, 2.24) is 19.5 Å². The van der Waals surface area contributed by atoms with Crippen LogP contribution in [0.15, 0.2) is 29.1 Å². The van der Waals surface area contributed by atoms with E-state index in [4.69, 9.17) is 5.73 Å². The molecule has 144 valence electrons. The van der Waals surface area contributed by atoms with Crippen molar-refractivity contribution < 1.29 is 0 Å². The molecule has 7 nitrogen and oxygen atoms in total. The van der Waals surface area contributed by atoms with Crippen LogP contribution in [0.3, 0.4) is 0 Å². The van der Waals surface area contributed by atoms with Crippen molar-refractivity contribution >= 4 is 22.9 Å². The molecule has 0 aliphatic heterocycles. The second-order valence-electron chi connectivity index (χ2n) is 7.87. The van der Waals surface area contributed by atoms with Gasteiger partial charge in [0.2, 0.25) is 5.95 Å². The van der Waals surface area contributed by atoms with Crippen molar-refractivity contribution in [2.24, 2.45) is 0 Å². The van der Waals surface area contributed by atoms with Gasteiger partial charge in [-0.05, 0) is 23.0 Å². The van der Waals surface area contributed by atoms with Gasteiger partial charge in [0, 0.05) is 6.54 Å². The maximum Gasteiger partial charge on any atom is 0.328 e. The molecule has 27 heavy (non-hydrogen) atoms. The molecule has 0 aliphatic carbocycles. The average Bonchev–Trinajstić information content (AvgIpc) is 2.92. The van der Waals surface area contributed by atoms with E-state index in [9.17, 15) is 4.79 Å². The van der Waals surface area contributed by atoms with Crippen LogP contribution in [0, 0.1) is 0 Å². The molecule has 2 aromatic heterocycles. The molecule has 0 aliphatic rings. The van der Waals surface area contributed by atoms with E-state index in [1.54, 1.807) is 4.57 Å². The van der Waals surface area contributed by atoms with E-state index < -0.39 is 0 Å². The van der Waals surface area contributed by atoms with Crippen LogP contribution in [0.25, 0.3) is 11.2 Å². The van der Waals surface area contributed by atoms with Crippen molar-refractivity contribution in [1.29, 1.82) is 0 Å². The van der Waals surface area contributed by atoms with Crippen molar-refractivity contribution in [3.05, 3.63) is 45.9 Å². The van der Waals surface area contributed by atoms with Crippen molar-refractivity contribution in [2.75, 3.05) is 17.6 Å². The summed E-state index contributed by atoms with van der Waals surface area (Å²) in [6.07, 6.45) is 2.09. The number of imidazole rings is 1. The largest absolute Gasteiger partial charge is 0.382 e. The summed E-state index contributed by atoms with van der Waals surface area (Å²) in [4.78, 5) is 24.0. The lowest BCUT2D eigenvalue weighted by Gasteiger charge is -2.19. The Morgan fingerprint density at radius 1 is 1.19 bits per heavy atom. The van der Waals surface area contributed by atoms with Crippen LogP contribution in [0.2, 0.25) is 0 Å². The summed E-state index contributed by atoms with van der Waals surface area (Å²) in [6, 6.07) is 8.32. The van der Waals surface area contributed by atoms with Gasteiger partial charge in [-0.25, -0.2) is 4.79 Å². The Morgan fingerprint density at radius 2 is 1.89 bits per heavy atom. The van der Waals surface area contributed by atoms with E-state index in [1.165, 1.54) is 5.56 Å². The van der Waals surface area contributed by atoms with Crippen LogP contribution in [-0.4, -0.2) is 26.1 Å². The highest BCUT2D eigenvalue weighted by molar-refractivity contribution is 5.82. The number of hydrogen-bond donors (Lipinski definition) is 3. The fourth-order valence-corrected chi connectivity index (χ4v) is 2.95. The molecular weight excluding hydrogens is 340 g/mol. The molecule has 0 fully saturated rings. The van der Waals surface area contributed by atoms with Gasteiger partial charge in [0.15, 0.2) is 11.5 Å². The van der Waals surface area contributed by atoms with Gasteiger partial charge in [0.1, 0.15) is 5.52 Å². The normalized spacial score (nSPS) is 11.9. The molecule has 3 rings (SSSR count). The van der Waals surface area contributed by atoms with E-state index in [0.29, 0.717) is 23.7 Å². The molecule has 0 radical (unpaired) electrons. The molecule has 3 aromatic rings. The summed E-state index contributed by atoms with van der Waals surface area (Å²) < 4.78 is 1.60. The summed E-state index contributed by atoms with van der Waals surface area (Å²) in [5.41, 5.74) is 9.17. The Morgan fingerprint density at radius 3 is 2.52 bits per heavy atom. The second kappa shape index (κ2) is 7.42. The molecule has 0 saturated heterocycles. The minimum absolute atomic E-state index is 0.0941. The van der Waals surface area contributed by atoms with Gasteiger partial charge in [0.25, 0.3) is 0 Å². The van der Waals surface area contributed by atoms with Gasteiger partial charge in [-0.2, -0.15) is 9.97 Å². The maximum absolute atomic E-state index is 12.5. The van der Waals surface area contributed by atoms with Crippen molar-refractivity contribution in [3.8, 4) is 0 Å². The Bertz CT molecular complexity index is 979. The number of nitrogens with two attached hydrogens (primary N) is 1. The lowest BCUT2D eigenvalue weighted by molar-refractivity contribution is 0.589.